The summed E-state index contributed by atoms with van der Waals surface area (Å²) in [5.74, 6) is 0.195. The zero-order valence-corrected chi connectivity index (χ0v) is 9.10. The molecule has 0 radical (unpaired) electrons. The van der Waals surface area contributed by atoms with E-state index in [1.165, 1.54) is 7.11 Å². The summed E-state index contributed by atoms with van der Waals surface area (Å²) in [5, 5.41) is 9.57. The molecule has 0 spiro atoms. The van der Waals surface area contributed by atoms with Gasteiger partial charge in [-0.25, -0.2) is 4.79 Å². The number of fused-ring (bicyclic) bond motifs is 1. The molecule has 86 valence electrons. The zero-order chi connectivity index (χ0) is 11.5. The third-order valence-electron chi connectivity index (χ3n) is 2.68. The average Bonchev–Trinajstić information content (AvgIpc) is 2.77. The number of rotatable bonds is 3. The Morgan fingerprint density at radius 2 is 2.44 bits per heavy atom. The van der Waals surface area contributed by atoms with Gasteiger partial charge in [0.15, 0.2) is 6.10 Å². The number of carbonyl (C=O) groups excluding carboxylic acids is 1. The number of ether oxygens (including phenoxy) is 2. The van der Waals surface area contributed by atoms with Gasteiger partial charge < -0.3 is 14.6 Å². The van der Waals surface area contributed by atoms with Crippen LogP contribution in [-0.4, -0.2) is 30.9 Å². The van der Waals surface area contributed by atoms with Crippen LogP contribution in [0.25, 0.3) is 0 Å². The average molecular weight is 222 g/mol. The van der Waals surface area contributed by atoms with Gasteiger partial charge in [0.2, 0.25) is 0 Å². The predicted molar refractivity (Wildman–Crippen MR) is 57.4 cm³/mol. The van der Waals surface area contributed by atoms with Crippen molar-refractivity contribution < 1.29 is 19.4 Å². The van der Waals surface area contributed by atoms with Gasteiger partial charge in [-0.15, -0.1) is 0 Å². The van der Waals surface area contributed by atoms with E-state index in [1.807, 2.05) is 18.2 Å². The Hall–Kier alpha value is -1.55. The number of benzene rings is 1. The van der Waals surface area contributed by atoms with E-state index in [4.69, 9.17) is 4.74 Å². The molecule has 1 N–H and O–H groups in total. The molecular formula is C12H14O4. The molecule has 0 aliphatic carbocycles. The van der Waals surface area contributed by atoms with Crippen molar-refractivity contribution in [1.82, 2.24) is 0 Å². The molecule has 0 saturated carbocycles. The molecule has 1 heterocycles. The Morgan fingerprint density at radius 3 is 3.19 bits per heavy atom. The molecule has 2 rings (SSSR count). The quantitative estimate of drug-likeness (QED) is 0.765. The van der Waals surface area contributed by atoms with E-state index in [9.17, 15) is 9.90 Å². The van der Waals surface area contributed by atoms with E-state index in [0.717, 1.165) is 23.3 Å². The molecule has 0 aromatic heterocycles. The van der Waals surface area contributed by atoms with Gasteiger partial charge in [-0.2, -0.15) is 0 Å². The number of aliphatic hydroxyl groups is 1. The molecule has 1 aromatic rings. The van der Waals surface area contributed by atoms with Gasteiger partial charge in [-0.3, -0.25) is 0 Å². The van der Waals surface area contributed by atoms with E-state index in [0.29, 0.717) is 6.61 Å². The maximum absolute atomic E-state index is 11.1. The van der Waals surface area contributed by atoms with Crippen molar-refractivity contribution in [2.24, 2.45) is 0 Å². The number of para-hydroxylation sites is 1. The molecule has 0 fully saturated rings. The van der Waals surface area contributed by atoms with E-state index in [2.05, 4.69) is 4.74 Å². The lowest BCUT2D eigenvalue weighted by Crippen LogP contribution is -2.24. The summed E-state index contributed by atoms with van der Waals surface area (Å²) < 4.78 is 9.95. The number of aliphatic hydroxyl groups excluding tert-OH is 1. The van der Waals surface area contributed by atoms with Gasteiger partial charge in [-0.1, -0.05) is 18.2 Å². The Kier molecular flexibility index (Phi) is 3.10. The van der Waals surface area contributed by atoms with Crippen LogP contribution in [0.4, 0.5) is 0 Å². The monoisotopic (exact) mass is 222 g/mol. The highest BCUT2D eigenvalue weighted by Gasteiger charge is 2.21. The van der Waals surface area contributed by atoms with E-state index >= 15 is 0 Å². The van der Waals surface area contributed by atoms with Crippen LogP contribution in [0.2, 0.25) is 0 Å². The minimum Gasteiger partial charge on any atom is -0.493 e. The third kappa shape index (κ3) is 2.02. The second-order valence-electron chi connectivity index (χ2n) is 3.75. The van der Waals surface area contributed by atoms with Crippen LogP contribution in [0.5, 0.6) is 5.75 Å². The number of carbonyl (C=O) groups is 1. The molecule has 4 nitrogen and oxygen atoms in total. The standard InChI is InChI=1S/C12H14O4/c1-15-12(14)10(13)7-9-4-2-3-8-5-6-16-11(8)9/h2-4,10,13H,5-7H2,1H3. The summed E-state index contributed by atoms with van der Waals surface area (Å²) >= 11 is 0. The van der Waals surface area contributed by atoms with E-state index < -0.39 is 12.1 Å². The van der Waals surface area contributed by atoms with Crippen molar-refractivity contribution in [3.63, 3.8) is 0 Å². The highest BCUT2D eigenvalue weighted by Crippen LogP contribution is 2.30. The van der Waals surface area contributed by atoms with Crippen molar-refractivity contribution in [2.45, 2.75) is 18.9 Å². The largest absolute Gasteiger partial charge is 0.493 e. The number of esters is 1. The van der Waals surface area contributed by atoms with Gasteiger partial charge in [0.25, 0.3) is 0 Å². The summed E-state index contributed by atoms with van der Waals surface area (Å²) in [6.07, 6.45) is -0.00596. The summed E-state index contributed by atoms with van der Waals surface area (Å²) in [6, 6.07) is 5.76. The van der Waals surface area contributed by atoms with Crippen molar-refractivity contribution in [2.75, 3.05) is 13.7 Å². The van der Waals surface area contributed by atoms with E-state index in [-0.39, 0.29) is 6.42 Å². The first-order valence-electron chi connectivity index (χ1n) is 5.22. The first kappa shape index (κ1) is 11.0. The molecule has 0 saturated heterocycles. The summed E-state index contributed by atoms with van der Waals surface area (Å²) in [6.45, 7) is 0.667. The Bertz CT molecular complexity index is 400. The number of methoxy groups -OCH3 is 1. The first-order valence-corrected chi connectivity index (χ1v) is 5.22. The van der Waals surface area contributed by atoms with Gasteiger partial charge in [0.1, 0.15) is 5.75 Å². The first-order chi connectivity index (χ1) is 7.72. The topological polar surface area (TPSA) is 55.8 Å². The Morgan fingerprint density at radius 1 is 1.62 bits per heavy atom. The normalized spacial score (nSPS) is 15.1. The van der Waals surface area contributed by atoms with Crippen LogP contribution in [0.3, 0.4) is 0 Å². The third-order valence-corrected chi connectivity index (χ3v) is 2.68. The second-order valence-corrected chi connectivity index (χ2v) is 3.75. The lowest BCUT2D eigenvalue weighted by Gasteiger charge is -2.11. The fourth-order valence-electron chi connectivity index (χ4n) is 1.87. The molecule has 1 unspecified atom stereocenters. The lowest BCUT2D eigenvalue weighted by atomic mass is 10.0. The molecule has 0 amide bonds. The van der Waals surface area contributed by atoms with Gasteiger partial charge in [0, 0.05) is 12.8 Å². The van der Waals surface area contributed by atoms with E-state index in [1.54, 1.807) is 0 Å². The minimum atomic E-state index is -1.12. The summed E-state index contributed by atoms with van der Waals surface area (Å²) in [5.41, 5.74) is 1.99. The molecule has 4 heteroatoms. The van der Waals surface area contributed by atoms with Crippen LogP contribution in [-0.2, 0) is 22.4 Å². The van der Waals surface area contributed by atoms with Crippen molar-refractivity contribution in [1.29, 1.82) is 0 Å². The van der Waals surface area contributed by atoms with Gasteiger partial charge >= 0.3 is 5.97 Å². The summed E-state index contributed by atoms with van der Waals surface area (Å²) in [7, 11) is 1.26. The van der Waals surface area contributed by atoms with Crippen molar-refractivity contribution in [3.8, 4) is 5.75 Å². The maximum Gasteiger partial charge on any atom is 0.335 e. The molecule has 1 aliphatic rings. The van der Waals surface area contributed by atoms with Crippen molar-refractivity contribution >= 4 is 5.97 Å². The maximum atomic E-state index is 11.1. The summed E-state index contributed by atoms with van der Waals surface area (Å²) in [4.78, 5) is 11.1. The van der Waals surface area contributed by atoms with Crippen LogP contribution in [0.15, 0.2) is 18.2 Å². The van der Waals surface area contributed by atoms with Crippen LogP contribution in [0, 0.1) is 0 Å². The molecule has 0 bridgehead atoms. The van der Waals surface area contributed by atoms with Crippen LogP contribution < -0.4 is 4.74 Å². The minimum absolute atomic E-state index is 0.232. The SMILES string of the molecule is COC(=O)C(O)Cc1cccc2c1OCC2. The number of hydrogen-bond donors (Lipinski definition) is 1. The van der Waals surface area contributed by atoms with Gasteiger partial charge in [0.05, 0.1) is 13.7 Å². The predicted octanol–water partition coefficient (Wildman–Crippen LogP) is 0.698. The highest BCUT2D eigenvalue weighted by atomic mass is 16.5. The fourth-order valence-corrected chi connectivity index (χ4v) is 1.87. The van der Waals surface area contributed by atoms with Crippen LogP contribution in [0.1, 0.15) is 11.1 Å². The Balaban J connectivity index is 2.16. The highest BCUT2D eigenvalue weighted by molar-refractivity contribution is 5.74. The Labute approximate surface area is 93.8 Å². The smallest absolute Gasteiger partial charge is 0.335 e. The van der Waals surface area contributed by atoms with Gasteiger partial charge in [-0.05, 0) is 11.1 Å². The molecule has 16 heavy (non-hydrogen) atoms. The number of hydrogen-bond acceptors (Lipinski definition) is 4. The lowest BCUT2D eigenvalue weighted by molar-refractivity contribution is -0.150. The molecule has 1 atom stereocenters. The molecule has 1 aliphatic heterocycles. The fraction of sp³-hybridized carbons (Fsp3) is 0.417. The second kappa shape index (κ2) is 4.53. The van der Waals surface area contributed by atoms with Crippen LogP contribution >= 0.6 is 0 Å². The molecule has 1 aromatic carbocycles. The zero-order valence-electron chi connectivity index (χ0n) is 9.10. The van der Waals surface area contributed by atoms with Crippen molar-refractivity contribution in [3.05, 3.63) is 29.3 Å². The molecular weight excluding hydrogens is 208 g/mol.